The van der Waals surface area contributed by atoms with Crippen molar-refractivity contribution in [2.24, 2.45) is 0 Å². The van der Waals surface area contributed by atoms with Crippen LogP contribution in [0.2, 0.25) is 0 Å². The molecule has 0 aliphatic carbocycles. The lowest BCUT2D eigenvalue weighted by Gasteiger charge is -2.30. The monoisotopic (exact) mass is 785 g/mol. The lowest BCUT2D eigenvalue weighted by atomic mass is 9.84. The molecule has 8 rings (SSSR count). The molecule has 0 amide bonds. The second-order valence-corrected chi connectivity index (χ2v) is 13.9. The van der Waals surface area contributed by atoms with Gasteiger partial charge in [0.05, 0.1) is 52.2 Å². The summed E-state index contributed by atoms with van der Waals surface area (Å²) in [6, 6.07) is 43.8. The smallest absolute Gasteiger partial charge is 0.310 e. The minimum atomic E-state index is -4.80. The lowest BCUT2D eigenvalue weighted by molar-refractivity contribution is -0.146. The van der Waals surface area contributed by atoms with Crippen molar-refractivity contribution in [3.05, 3.63) is 187 Å². The van der Waals surface area contributed by atoms with Crippen LogP contribution in [0.3, 0.4) is 0 Å². The SMILES string of the molecule is CC(C)(c1cccc(-c2cnc(C(F)(F)F)n2-c2ccccc2)n1)c1cc(N(c2ccccc2)c2ccccc2)cc(-c2cnc(C(F)(F)F)n2-c2ccccc2)n1. The van der Waals surface area contributed by atoms with E-state index in [1.807, 2.05) is 85.5 Å². The fourth-order valence-corrected chi connectivity index (χ4v) is 6.90. The molecule has 8 aromatic rings. The molecule has 4 aromatic carbocycles. The molecule has 0 bridgehead atoms. The largest absolute Gasteiger partial charge is 0.450 e. The van der Waals surface area contributed by atoms with Crippen LogP contribution in [0.4, 0.5) is 43.4 Å². The van der Waals surface area contributed by atoms with Crippen LogP contribution in [-0.4, -0.2) is 29.1 Å². The lowest BCUT2D eigenvalue weighted by Crippen LogP contribution is -2.24. The van der Waals surface area contributed by atoms with E-state index in [4.69, 9.17) is 9.97 Å². The number of benzene rings is 4. The van der Waals surface area contributed by atoms with Crippen LogP contribution >= 0.6 is 0 Å². The number of rotatable bonds is 9. The van der Waals surface area contributed by atoms with Crippen molar-refractivity contribution in [3.8, 4) is 34.2 Å². The first-order chi connectivity index (χ1) is 27.8. The molecule has 0 spiro atoms. The Hall–Kier alpha value is -7.02. The zero-order valence-electron chi connectivity index (χ0n) is 31.0. The third-order valence-corrected chi connectivity index (χ3v) is 9.71. The van der Waals surface area contributed by atoms with Gasteiger partial charge in [0, 0.05) is 28.2 Å². The molecule has 4 heterocycles. The van der Waals surface area contributed by atoms with Crippen LogP contribution in [0.25, 0.3) is 34.2 Å². The first-order valence-corrected chi connectivity index (χ1v) is 18.1. The van der Waals surface area contributed by atoms with E-state index >= 15 is 0 Å². The molecule has 0 saturated carbocycles. The summed E-state index contributed by atoms with van der Waals surface area (Å²) in [6.07, 6.45) is -7.24. The summed E-state index contributed by atoms with van der Waals surface area (Å²) in [6.45, 7) is 3.71. The maximum absolute atomic E-state index is 14.6. The Morgan fingerprint density at radius 3 is 1.34 bits per heavy atom. The van der Waals surface area contributed by atoms with Gasteiger partial charge in [0.2, 0.25) is 11.6 Å². The van der Waals surface area contributed by atoms with Crippen LogP contribution < -0.4 is 4.90 Å². The summed E-state index contributed by atoms with van der Waals surface area (Å²) in [5, 5.41) is 0. The molecule has 0 N–H and O–H groups in total. The third-order valence-electron chi connectivity index (χ3n) is 9.71. The van der Waals surface area contributed by atoms with Gasteiger partial charge in [-0.2, -0.15) is 26.3 Å². The minimum absolute atomic E-state index is 0.0895. The Morgan fingerprint density at radius 2 is 0.879 bits per heavy atom. The maximum Gasteiger partial charge on any atom is 0.450 e. The number of hydrogen-bond donors (Lipinski definition) is 0. The topological polar surface area (TPSA) is 64.7 Å². The van der Waals surface area contributed by atoms with Crippen molar-refractivity contribution in [1.82, 2.24) is 29.1 Å². The molecule has 13 heteroatoms. The van der Waals surface area contributed by atoms with Gasteiger partial charge < -0.3 is 4.90 Å². The van der Waals surface area contributed by atoms with Crippen LogP contribution in [0.5, 0.6) is 0 Å². The second kappa shape index (κ2) is 14.8. The minimum Gasteiger partial charge on any atom is -0.310 e. The first kappa shape index (κ1) is 37.9. The number of imidazole rings is 2. The van der Waals surface area contributed by atoms with Crippen LogP contribution in [0.15, 0.2) is 164 Å². The predicted octanol–water partition coefficient (Wildman–Crippen LogP) is 12.0. The quantitative estimate of drug-likeness (QED) is 0.136. The number of anilines is 3. The summed E-state index contributed by atoms with van der Waals surface area (Å²) in [4.78, 5) is 19.6. The van der Waals surface area contributed by atoms with Gasteiger partial charge in [-0.15, -0.1) is 0 Å². The molecular formula is C45H33F6N7. The highest BCUT2D eigenvalue weighted by Crippen LogP contribution is 2.42. The Kier molecular flexibility index (Phi) is 9.67. The normalized spacial score (nSPS) is 12.1. The van der Waals surface area contributed by atoms with E-state index < -0.39 is 29.4 Å². The van der Waals surface area contributed by atoms with Crippen LogP contribution in [-0.2, 0) is 17.8 Å². The van der Waals surface area contributed by atoms with Crippen molar-refractivity contribution >= 4 is 17.1 Å². The molecule has 0 aliphatic heterocycles. The maximum atomic E-state index is 14.6. The molecule has 4 aromatic heterocycles. The molecule has 0 fully saturated rings. The number of pyridine rings is 2. The number of hydrogen-bond acceptors (Lipinski definition) is 5. The highest BCUT2D eigenvalue weighted by Gasteiger charge is 2.40. The van der Waals surface area contributed by atoms with Gasteiger partial charge in [-0.05, 0) is 86.6 Å². The summed E-state index contributed by atoms with van der Waals surface area (Å²) in [5.74, 6) is -2.22. The molecule has 0 radical (unpaired) electrons. The number of halogens is 6. The number of aromatic nitrogens is 6. The van der Waals surface area contributed by atoms with E-state index in [0.717, 1.165) is 32.9 Å². The van der Waals surface area contributed by atoms with E-state index in [0.29, 0.717) is 17.1 Å². The van der Waals surface area contributed by atoms with Crippen molar-refractivity contribution in [2.75, 3.05) is 4.90 Å². The molecule has 7 nitrogen and oxygen atoms in total. The average Bonchev–Trinajstić information content (AvgIpc) is 3.90. The number of nitrogens with zero attached hydrogens (tertiary/aromatic N) is 7. The van der Waals surface area contributed by atoms with Gasteiger partial charge in [-0.3, -0.25) is 19.1 Å². The first-order valence-electron chi connectivity index (χ1n) is 18.1. The fraction of sp³-hybridized carbons (Fsp3) is 0.111. The predicted molar refractivity (Wildman–Crippen MR) is 210 cm³/mol. The highest BCUT2D eigenvalue weighted by molar-refractivity contribution is 5.79. The molecule has 0 atom stereocenters. The van der Waals surface area contributed by atoms with Gasteiger partial charge in [0.1, 0.15) is 0 Å². The Morgan fingerprint density at radius 1 is 0.448 bits per heavy atom. The van der Waals surface area contributed by atoms with E-state index in [-0.39, 0.29) is 34.2 Å². The van der Waals surface area contributed by atoms with Gasteiger partial charge in [-0.25, -0.2) is 9.97 Å². The summed E-state index contributed by atoms with van der Waals surface area (Å²) >= 11 is 0. The molecular weight excluding hydrogens is 753 g/mol. The van der Waals surface area contributed by atoms with E-state index in [1.165, 1.54) is 0 Å². The van der Waals surface area contributed by atoms with E-state index in [1.54, 1.807) is 84.9 Å². The van der Waals surface area contributed by atoms with Gasteiger partial charge >= 0.3 is 12.4 Å². The highest BCUT2D eigenvalue weighted by atomic mass is 19.4. The zero-order chi connectivity index (χ0) is 40.7. The Labute approximate surface area is 329 Å². The molecule has 290 valence electrons. The fourth-order valence-electron chi connectivity index (χ4n) is 6.90. The third kappa shape index (κ3) is 7.22. The van der Waals surface area contributed by atoms with Crippen LogP contribution in [0, 0.1) is 0 Å². The van der Waals surface area contributed by atoms with Gasteiger partial charge in [-0.1, -0.05) is 78.9 Å². The van der Waals surface area contributed by atoms with Crippen LogP contribution in [0.1, 0.15) is 36.9 Å². The van der Waals surface area contributed by atoms with Crippen molar-refractivity contribution < 1.29 is 26.3 Å². The average molecular weight is 786 g/mol. The molecule has 58 heavy (non-hydrogen) atoms. The van der Waals surface area contributed by atoms with E-state index in [9.17, 15) is 26.3 Å². The van der Waals surface area contributed by atoms with Crippen molar-refractivity contribution in [3.63, 3.8) is 0 Å². The van der Waals surface area contributed by atoms with Gasteiger partial charge in [0.15, 0.2) is 0 Å². The number of para-hydroxylation sites is 4. The standard InChI is InChI=1S/C45H33F6N7/c1-43(2,39-25-15-24-35(54-39)37-28-52-41(44(46,47)48)57(37)32-20-11-5-12-21-32)40-27-34(56(30-16-7-3-8-17-30)31-18-9-4-10-19-31)26-36(55-40)38-29-53-42(45(49,50)51)58(38)33-22-13-6-14-23-33/h3-29H,1-2H3. The second-order valence-electron chi connectivity index (χ2n) is 13.9. The van der Waals surface area contributed by atoms with Gasteiger partial charge in [0.25, 0.3) is 0 Å². The van der Waals surface area contributed by atoms with Crippen molar-refractivity contribution in [2.45, 2.75) is 31.6 Å². The zero-order valence-corrected chi connectivity index (χ0v) is 31.0. The summed E-state index contributed by atoms with van der Waals surface area (Å²) in [7, 11) is 0. The summed E-state index contributed by atoms with van der Waals surface area (Å²) < 4.78 is 88.7. The summed E-state index contributed by atoms with van der Waals surface area (Å²) in [5.41, 5.74) is 3.02. The van der Waals surface area contributed by atoms with E-state index in [2.05, 4.69) is 9.97 Å². The number of alkyl halides is 6. The Bertz CT molecular complexity index is 2630. The Balaban J connectivity index is 1.35. The van der Waals surface area contributed by atoms with Crippen molar-refractivity contribution in [1.29, 1.82) is 0 Å². The molecule has 0 saturated heterocycles. The molecule has 0 aliphatic rings. The molecule has 0 unspecified atom stereocenters.